The number of hydrogen-bond donors (Lipinski definition) is 0. The summed E-state index contributed by atoms with van der Waals surface area (Å²) >= 11 is 0. The molecule has 1 heterocycles. The fraction of sp³-hybridized carbons (Fsp3) is 0.118. The van der Waals surface area contributed by atoms with E-state index in [1.807, 2.05) is 30.3 Å². The third-order valence-electron chi connectivity index (χ3n) is 2.82. The van der Waals surface area contributed by atoms with E-state index in [0.717, 1.165) is 5.56 Å². The molecule has 0 aliphatic heterocycles. The highest BCUT2D eigenvalue weighted by Crippen LogP contribution is 2.22. The van der Waals surface area contributed by atoms with Gasteiger partial charge in [-0.3, -0.25) is 0 Å². The lowest BCUT2D eigenvalue weighted by atomic mass is 9.99. The highest BCUT2D eigenvalue weighted by Gasteiger charge is 2.13. The molecule has 2 aromatic carbocycles. The Morgan fingerprint density at radius 1 is 1.16 bits per heavy atom. The maximum Gasteiger partial charge on any atom is 0.0951 e. The van der Waals surface area contributed by atoms with E-state index in [1.165, 1.54) is 17.1 Å². The Morgan fingerprint density at radius 2 is 1.95 bits per heavy atom. The molecule has 3 aromatic rings. The van der Waals surface area contributed by atoms with Gasteiger partial charge in [0.1, 0.15) is 0 Å². The fourth-order valence-electron chi connectivity index (χ4n) is 1.91. The summed E-state index contributed by atoms with van der Waals surface area (Å²) in [7, 11) is 0. The molecular weight excluding hydrogens is 232 g/mol. The van der Waals surface area contributed by atoms with Crippen molar-refractivity contribution in [1.29, 1.82) is 0 Å². The molecule has 0 saturated heterocycles. The Kier molecular flexibility index (Phi) is 1.95. The summed E-state index contributed by atoms with van der Waals surface area (Å²) in [6, 6.07) is 5.51. The summed E-state index contributed by atoms with van der Waals surface area (Å²) in [5.74, 6) is 0. The number of aromatic nitrogens is 2. The summed E-state index contributed by atoms with van der Waals surface area (Å²) < 4.78 is 50.6. The van der Waals surface area contributed by atoms with Crippen LogP contribution >= 0.6 is 0 Å². The number of hydrogen-bond acceptors (Lipinski definition) is 1. The molecule has 1 atom stereocenters. The maximum absolute atomic E-state index is 9.06. The summed E-state index contributed by atoms with van der Waals surface area (Å²) in [4.78, 5) is 3.97. The van der Waals surface area contributed by atoms with Crippen LogP contribution in [0.3, 0.4) is 0 Å². The second-order valence-corrected chi connectivity index (χ2v) is 4.08. The van der Waals surface area contributed by atoms with Crippen LogP contribution < -0.4 is 0 Å². The van der Waals surface area contributed by atoms with E-state index in [1.54, 1.807) is 6.20 Å². The molecule has 0 fully saturated rings. The van der Waals surface area contributed by atoms with Crippen LogP contribution in [0.4, 0.5) is 0 Å². The van der Waals surface area contributed by atoms with Crippen LogP contribution in [0.5, 0.6) is 0 Å². The molecule has 0 aliphatic rings. The second-order valence-electron chi connectivity index (χ2n) is 4.08. The molecule has 94 valence electrons. The molecule has 0 radical (unpaired) electrons. The first-order valence-electron chi connectivity index (χ1n) is 8.96. The van der Waals surface area contributed by atoms with Crippen molar-refractivity contribution in [3.05, 3.63) is 90.4 Å². The molecule has 0 amide bonds. The average Bonchev–Trinajstić information content (AvgIpc) is 3.14. The van der Waals surface area contributed by atoms with E-state index in [9.17, 15) is 0 Å². The Hall–Kier alpha value is -2.35. The first kappa shape index (κ1) is 6.71. The molecule has 0 bridgehead atoms. The zero-order chi connectivity index (χ0) is 18.2. The van der Waals surface area contributed by atoms with Gasteiger partial charge in [-0.1, -0.05) is 60.5 Å². The second kappa shape index (κ2) is 5.53. The number of rotatable bonds is 4. The van der Waals surface area contributed by atoms with Crippen molar-refractivity contribution in [2.45, 2.75) is 12.4 Å². The summed E-state index contributed by atoms with van der Waals surface area (Å²) in [5, 5.41) is 0. The number of benzene rings is 2. The molecule has 0 N–H and O–H groups in total. The van der Waals surface area contributed by atoms with Crippen LogP contribution in [0.2, 0.25) is 0 Å². The van der Waals surface area contributed by atoms with Gasteiger partial charge in [0.15, 0.2) is 0 Å². The topological polar surface area (TPSA) is 17.8 Å². The molecule has 3 rings (SSSR count). The zero-order valence-electron chi connectivity index (χ0n) is 16.2. The molecule has 2 heteroatoms. The van der Waals surface area contributed by atoms with Gasteiger partial charge >= 0.3 is 0 Å². The zero-order valence-corrected chi connectivity index (χ0v) is 10.2. The van der Waals surface area contributed by atoms with Crippen LogP contribution in [-0.4, -0.2) is 9.55 Å². The predicted molar refractivity (Wildman–Crippen MR) is 77.0 cm³/mol. The van der Waals surface area contributed by atoms with Gasteiger partial charge in [0.05, 0.1) is 20.6 Å². The monoisotopic (exact) mass is 254 g/mol. The van der Waals surface area contributed by atoms with Crippen molar-refractivity contribution >= 4 is 0 Å². The van der Waals surface area contributed by atoms with Gasteiger partial charge < -0.3 is 4.57 Å². The van der Waals surface area contributed by atoms with Gasteiger partial charge in [0, 0.05) is 12.4 Å². The van der Waals surface area contributed by atoms with E-state index in [2.05, 4.69) is 4.98 Å². The van der Waals surface area contributed by atoms with Crippen LogP contribution in [0.15, 0.2) is 79.3 Å². The van der Waals surface area contributed by atoms with E-state index in [4.69, 9.17) is 8.22 Å². The molecule has 0 saturated carbocycles. The highest BCUT2D eigenvalue weighted by atomic mass is 15.0. The quantitative estimate of drug-likeness (QED) is 0.694. The lowest BCUT2D eigenvalue weighted by Crippen LogP contribution is -2.11. The summed E-state index contributed by atoms with van der Waals surface area (Å²) in [6.07, 6.45) is 4.63. The number of imidazole rings is 1. The average molecular weight is 254 g/mol. The molecule has 1 aromatic heterocycles. The van der Waals surface area contributed by atoms with Gasteiger partial charge in [-0.15, -0.1) is 0 Å². The van der Waals surface area contributed by atoms with Crippen LogP contribution in [0.25, 0.3) is 0 Å². The van der Waals surface area contributed by atoms with Crippen molar-refractivity contribution in [3.63, 3.8) is 0 Å². The normalized spacial score (nSPS) is 18.3. The van der Waals surface area contributed by atoms with Crippen molar-refractivity contribution < 1.29 is 8.22 Å². The highest BCUT2D eigenvalue weighted by molar-refractivity contribution is 5.24. The standard InChI is InChI=1S/C17H16N2/c1-3-7-15(8-4-1)13-17(19-12-11-18-14-19)16-9-5-2-6-10-16/h1-12,14,17H,13H2/i2D,5D,6D,9D,10D,17D. The maximum atomic E-state index is 9.06. The van der Waals surface area contributed by atoms with E-state index >= 15 is 0 Å². The van der Waals surface area contributed by atoms with E-state index in [-0.39, 0.29) is 24.1 Å². The molecular formula is C17H16N2. The van der Waals surface area contributed by atoms with Gasteiger partial charge in [-0.05, 0) is 17.5 Å². The number of nitrogens with zero attached hydrogens (tertiary/aromatic N) is 2. The molecule has 19 heavy (non-hydrogen) atoms. The minimum atomic E-state index is -1.62. The Bertz CT molecular complexity index is 866. The Balaban J connectivity index is 2.27. The summed E-state index contributed by atoms with van der Waals surface area (Å²) in [6.45, 7) is 0. The lowest BCUT2D eigenvalue weighted by molar-refractivity contribution is 0.581. The molecule has 2 nitrogen and oxygen atoms in total. The van der Waals surface area contributed by atoms with Gasteiger partial charge in [0.25, 0.3) is 0 Å². The Labute approximate surface area is 121 Å². The van der Waals surface area contributed by atoms with E-state index in [0.29, 0.717) is 0 Å². The first-order valence-corrected chi connectivity index (χ1v) is 5.96. The minimum absolute atomic E-state index is 0.0691. The van der Waals surface area contributed by atoms with Crippen molar-refractivity contribution in [1.82, 2.24) is 9.55 Å². The third kappa shape index (κ3) is 2.74. The van der Waals surface area contributed by atoms with Crippen LogP contribution in [0.1, 0.15) is 25.4 Å². The van der Waals surface area contributed by atoms with Gasteiger partial charge in [-0.25, -0.2) is 4.98 Å². The van der Waals surface area contributed by atoms with Gasteiger partial charge in [0.2, 0.25) is 0 Å². The molecule has 0 spiro atoms. The van der Waals surface area contributed by atoms with Crippen LogP contribution in [0, 0.1) is 0 Å². The third-order valence-corrected chi connectivity index (χ3v) is 2.82. The SMILES string of the molecule is [2H]c1c([2H])c([2H])c(C([2H])(Cc2ccccc2)n2ccnc2)c([2H])c1[2H]. The summed E-state index contributed by atoms with van der Waals surface area (Å²) in [5.41, 5.74) is 0.748. The first-order chi connectivity index (χ1) is 11.9. The minimum Gasteiger partial charge on any atom is -0.330 e. The predicted octanol–water partition coefficient (Wildman–Crippen LogP) is 3.72. The van der Waals surface area contributed by atoms with Crippen molar-refractivity contribution in [2.75, 3.05) is 0 Å². The molecule has 1 unspecified atom stereocenters. The van der Waals surface area contributed by atoms with Crippen LogP contribution in [-0.2, 0) is 6.42 Å². The lowest BCUT2D eigenvalue weighted by Gasteiger charge is -2.19. The van der Waals surface area contributed by atoms with Crippen molar-refractivity contribution in [3.8, 4) is 0 Å². The van der Waals surface area contributed by atoms with Crippen molar-refractivity contribution in [2.24, 2.45) is 0 Å². The Morgan fingerprint density at radius 3 is 2.63 bits per heavy atom. The molecule has 0 aliphatic carbocycles. The smallest absolute Gasteiger partial charge is 0.0951 e. The largest absolute Gasteiger partial charge is 0.330 e. The fourth-order valence-corrected chi connectivity index (χ4v) is 1.91. The van der Waals surface area contributed by atoms with E-state index < -0.39 is 24.1 Å². The van der Waals surface area contributed by atoms with Gasteiger partial charge in [-0.2, -0.15) is 0 Å².